The standard InChI is InChI=1S/C2H3.3FH.Zn/c1-2;;;;/h1H,2H2;3*1H;/q;;;;+3/p-3. The average Bonchev–Trinajstić information content (AvgIpc) is 1.35. The van der Waals surface area contributed by atoms with Crippen LogP contribution in [-0.2, 0) is 16.3 Å². The second kappa shape index (κ2) is 1.74. The number of hydrogen-bond donors (Lipinski definition) is 0. The summed E-state index contributed by atoms with van der Waals surface area (Å²) in [5, 5.41) is 0. The van der Waals surface area contributed by atoms with Gasteiger partial charge in [0.1, 0.15) is 0 Å². The molecule has 6 heavy (non-hydrogen) atoms. The van der Waals surface area contributed by atoms with Gasteiger partial charge in [-0.05, 0) is 0 Å². The second-order valence-electron chi connectivity index (χ2n) is 1.05. The molecule has 0 fully saturated rings. The molecule has 0 aliphatic heterocycles. The zero-order valence-corrected chi connectivity index (χ0v) is 6.09. The van der Waals surface area contributed by atoms with E-state index in [0.29, 0.717) is 0 Å². The van der Waals surface area contributed by atoms with Gasteiger partial charge < -0.3 is 0 Å². The van der Waals surface area contributed by atoms with Gasteiger partial charge in [-0.3, -0.25) is 0 Å². The first-order chi connectivity index (χ1) is 2.56. The molecule has 0 amide bonds. The van der Waals surface area contributed by atoms with Gasteiger partial charge in [-0.15, -0.1) is 0 Å². The van der Waals surface area contributed by atoms with Crippen LogP contribution in [-0.4, -0.2) is 0 Å². The molecular weight excluding hydrogens is 146 g/mol. The van der Waals surface area contributed by atoms with Gasteiger partial charge in [0.05, 0.1) is 0 Å². The molecule has 0 N–H and O–H groups in total. The Morgan fingerprint density at radius 1 is 1.33 bits per heavy atom. The fraction of sp³-hybridized carbons (Fsp3) is 0. The first-order valence-electron chi connectivity index (χ1n) is 1.62. The molecule has 0 bridgehead atoms. The molecule has 0 aromatic heterocycles. The van der Waals surface area contributed by atoms with E-state index in [2.05, 4.69) is 6.58 Å². The van der Waals surface area contributed by atoms with Crippen LogP contribution in [0, 0.1) is 0 Å². The Morgan fingerprint density at radius 3 is 1.50 bits per heavy atom. The van der Waals surface area contributed by atoms with E-state index in [1.807, 2.05) is 0 Å². The van der Waals surface area contributed by atoms with E-state index in [4.69, 9.17) is 0 Å². The fourth-order valence-electron chi connectivity index (χ4n) is 0. The summed E-state index contributed by atoms with van der Waals surface area (Å²) in [5.74, 6) is 0. The summed E-state index contributed by atoms with van der Waals surface area (Å²) in [4.78, 5) is 0. The Hall–Kier alpha value is 0.153. The molecule has 0 spiro atoms. The number of hydrogen-bond acceptors (Lipinski definition) is 0. The van der Waals surface area contributed by atoms with Crippen molar-refractivity contribution in [1.82, 2.24) is 0 Å². The third-order valence-corrected chi connectivity index (χ3v) is 1.70. The summed E-state index contributed by atoms with van der Waals surface area (Å²) in [6, 6.07) is 0. The van der Waals surface area contributed by atoms with E-state index in [1.165, 1.54) is 0 Å². The maximum absolute atomic E-state index is 10.9. The first-order valence-corrected chi connectivity index (χ1v) is 6.70. The summed E-state index contributed by atoms with van der Waals surface area (Å²) in [5.41, 5.74) is 0. The first kappa shape index (κ1) is 6.15. The SMILES string of the molecule is C=[CH][Zn]([F])([F])[F]. The molecule has 0 unspecified atom stereocenters. The van der Waals surface area contributed by atoms with E-state index in [-0.39, 0.29) is 4.67 Å². The van der Waals surface area contributed by atoms with Crippen molar-refractivity contribution in [3.8, 4) is 0 Å². The van der Waals surface area contributed by atoms with Crippen molar-refractivity contribution in [2.75, 3.05) is 0 Å². The van der Waals surface area contributed by atoms with Crippen molar-refractivity contribution in [2.24, 2.45) is 0 Å². The Kier molecular flexibility index (Phi) is 1.78. The predicted octanol–water partition coefficient (Wildman–Crippen LogP) is 1.94. The van der Waals surface area contributed by atoms with Gasteiger partial charge in [-0.1, -0.05) is 0 Å². The zero-order chi connectivity index (χ0) is 5.21. The molecule has 0 aromatic carbocycles. The summed E-state index contributed by atoms with van der Waals surface area (Å²) < 4.78 is 32.8. The monoisotopic (exact) mass is 148 g/mol. The van der Waals surface area contributed by atoms with Crippen molar-refractivity contribution in [1.29, 1.82) is 0 Å². The Labute approximate surface area is 38.2 Å². The molecule has 0 aliphatic carbocycles. The van der Waals surface area contributed by atoms with Crippen molar-refractivity contribution < 1.29 is 26.2 Å². The summed E-state index contributed by atoms with van der Waals surface area (Å²) in [6.45, 7) is 2.60. The van der Waals surface area contributed by atoms with Crippen molar-refractivity contribution >= 4 is 0 Å². The van der Waals surface area contributed by atoms with Crippen LogP contribution < -0.4 is 0 Å². The van der Waals surface area contributed by atoms with Gasteiger partial charge in [-0.25, -0.2) is 0 Å². The molecule has 0 aromatic rings. The van der Waals surface area contributed by atoms with Gasteiger partial charge in [0, 0.05) is 0 Å². The molecule has 0 saturated carbocycles. The van der Waals surface area contributed by atoms with Gasteiger partial charge in [-0.2, -0.15) is 0 Å². The number of halogens is 3. The van der Waals surface area contributed by atoms with Gasteiger partial charge >= 0.3 is 37.5 Å². The molecule has 0 aliphatic rings. The zero-order valence-electron chi connectivity index (χ0n) is 3.13. The van der Waals surface area contributed by atoms with Crippen LogP contribution in [0.15, 0.2) is 11.2 Å². The van der Waals surface area contributed by atoms with Crippen LogP contribution in [0.4, 0.5) is 9.95 Å². The molecule has 0 nitrogen and oxygen atoms in total. The van der Waals surface area contributed by atoms with Gasteiger partial charge in [0.25, 0.3) is 0 Å². The maximum atomic E-state index is 10.9. The molecule has 0 radical (unpaired) electrons. The summed E-state index contributed by atoms with van der Waals surface area (Å²) >= 11 is -6.04. The molecule has 0 heterocycles. The van der Waals surface area contributed by atoms with Gasteiger partial charge in [0.15, 0.2) is 0 Å². The van der Waals surface area contributed by atoms with Crippen molar-refractivity contribution in [2.45, 2.75) is 0 Å². The molecular formula is C2H3F3Zn. The van der Waals surface area contributed by atoms with Crippen LogP contribution in [0.1, 0.15) is 0 Å². The van der Waals surface area contributed by atoms with Crippen molar-refractivity contribution in [3.05, 3.63) is 11.2 Å². The molecule has 34 valence electrons. The third kappa shape index (κ3) is 4.15. The Morgan fingerprint density at radius 2 is 1.50 bits per heavy atom. The van der Waals surface area contributed by atoms with E-state index in [0.717, 1.165) is 0 Å². The van der Waals surface area contributed by atoms with E-state index in [1.54, 1.807) is 0 Å². The van der Waals surface area contributed by atoms with Crippen LogP contribution in [0.2, 0.25) is 0 Å². The normalized spacial score (nSPS) is 8.50. The molecule has 0 saturated heterocycles. The Balaban J connectivity index is 3.45. The predicted molar refractivity (Wildman–Crippen MR) is 13.5 cm³/mol. The molecule has 0 rings (SSSR count). The van der Waals surface area contributed by atoms with Crippen LogP contribution in [0.5, 0.6) is 0 Å². The summed E-state index contributed by atoms with van der Waals surface area (Å²) in [7, 11) is 0. The van der Waals surface area contributed by atoms with E-state index in [9.17, 15) is 9.95 Å². The fourth-order valence-corrected chi connectivity index (χ4v) is 0. The third-order valence-electron chi connectivity index (χ3n) is 0.327. The van der Waals surface area contributed by atoms with Gasteiger partial charge in [0.2, 0.25) is 0 Å². The van der Waals surface area contributed by atoms with Crippen LogP contribution in [0.25, 0.3) is 0 Å². The summed E-state index contributed by atoms with van der Waals surface area (Å²) in [6.07, 6.45) is 0. The van der Waals surface area contributed by atoms with Crippen LogP contribution in [0.3, 0.4) is 0 Å². The minimum absolute atomic E-state index is 0.156. The molecule has 0 atom stereocenters. The van der Waals surface area contributed by atoms with E-state index >= 15 is 0 Å². The quantitative estimate of drug-likeness (QED) is 0.500. The van der Waals surface area contributed by atoms with Crippen LogP contribution >= 0.6 is 0 Å². The Bertz CT molecular complexity index is 54.3. The average molecular weight is 149 g/mol. The van der Waals surface area contributed by atoms with Crippen molar-refractivity contribution in [3.63, 3.8) is 0 Å². The van der Waals surface area contributed by atoms with E-state index < -0.39 is 16.3 Å². The number of rotatable bonds is 1. The minimum atomic E-state index is -6.04. The molecule has 4 heteroatoms. The second-order valence-corrected chi connectivity index (χ2v) is 5.48. The topological polar surface area (TPSA) is 0 Å².